The Kier molecular flexibility index (Phi) is 7.48. The molecule has 1 aliphatic rings. The third-order valence-corrected chi connectivity index (χ3v) is 6.27. The number of amides is 2. The van der Waals surface area contributed by atoms with E-state index < -0.39 is 0 Å². The van der Waals surface area contributed by atoms with Crippen molar-refractivity contribution < 1.29 is 14.3 Å². The monoisotopic (exact) mass is 457 g/mol. The highest BCUT2D eigenvalue weighted by Crippen LogP contribution is 2.29. The summed E-state index contributed by atoms with van der Waals surface area (Å²) in [5.41, 5.74) is 3.49. The summed E-state index contributed by atoms with van der Waals surface area (Å²) in [7, 11) is 1.54. The number of para-hydroxylation sites is 1. The van der Waals surface area contributed by atoms with Crippen molar-refractivity contribution in [2.24, 2.45) is 5.92 Å². The van der Waals surface area contributed by atoms with Crippen LogP contribution in [0.4, 0.5) is 11.4 Å². The fourth-order valence-electron chi connectivity index (χ4n) is 4.22. The minimum absolute atomic E-state index is 0.161. The molecule has 3 aromatic rings. The zero-order valence-corrected chi connectivity index (χ0v) is 19.7. The quantitative estimate of drug-likeness (QED) is 0.517. The van der Waals surface area contributed by atoms with E-state index in [1.807, 2.05) is 48.5 Å². The number of hydrogen-bond acceptors (Lipinski definition) is 4. The van der Waals surface area contributed by atoms with Gasteiger partial charge in [-0.05, 0) is 54.7 Å². The first-order chi connectivity index (χ1) is 16.5. The van der Waals surface area contributed by atoms with Gasteiger partial charge in [0, 0.05) is 31.0 Å². The van der Waals surface area contributed by atoms with Crippen molar-refractivity contribution in [2.45, 2.75) is 26.3 Å². The number of anilines is 2. The first-order valence-corrected chi connectivity index (χ1v) is 11.7. The first-order valence-electron chi connectivity index (χ1n) is 11.7. The van der Waals surface area contributed by atoms with Gasteiger partial charge in [-0.2, -0.15) is 0 Å². The van der Waals surface area contributed by atoms with Crippen LogP contribution in [-0.2, 0) is 6.54 Å². The summed E-state index contributed by atoms with van der Waals surface area (Å²) in [4.78, 5) is 28.5. The van der Waals surface area contributed by atoms with E-state index in [0.717, 1.165) is 37.2 Å². The van der Waals surface area contributed by atoms with Crippen LogP contribution >= 0.6 is 0 Å². The van der Waals surface area contributed by atoms with Crippen LogP contribution in [-0.4, -0.2) is 32.0 Å². The molecule has 0 saturated carbocycles. The maximum Gasteiger partial charge on any atom is 0.259 e. The van der Waals surface area contributed by atoms with Crippen LogP contribution in [0.1, 0.15) is 46.0 Å². The summed E-state index contributed by atoms with van der Waals surface area (Å²) < 4.78 is 5.32. The molecule has 1 heterocycles. The second kappa shape index (κ2) is 10.9. The Hall–Kier alpha value is -3.80. The standard InChI is InChI=1S/C28H31N3O3/c1-20-14-16-31(17-15-20)25-13-12-22(30-28(33)23-10-6-7-11-26(23)34-2)18-24(25)27(32)29-19-21-8-4-3-5-9-21/h3-13,18,20H,14-17,19H2,1-2H3,(H,29,32)(H,30,33). The fourth-order valence-corrected chi connectivity index (χ4v) is 4.22. The number of rotatable bonds is 7. The van der Waals surface area contributed by atoms with Gasteiger partial charge in [-0.3, -0.25) is 9.59 Å². The Labute approximate surface area is 200 Å². The van der Waals surface area contributed by atoms with Crippen LogP contribution in [0.2, 0.25) is 0 Å². The van der Waals surface area contributed by atoms with Gasteiger partial charge in [0.2, 0.25) is 0 Å². The number of hydrogen-bond donors (Lipinski definition) is 2. The average Bonchev–Trinajstić information content (AvgIpc) is 2.88. The van der Waals surface area contributed by atoms with E-state index >= 15 is 0 Å². The lowest BCUT2D eigenvalue weighted by Gasteiger charge is -2.33. The highest BCUT2D eigenvalue weighted by atomic mass is 16.5. The van der Waals surface area contributed by atoms with Crippen LogP contribution < -0.4 is 20.3 Å². The zero-order chi connectivity index (χ0) is 23.9. The minimum Gasteiger partial charge on any atom is -0.496 e. The largest absolute Gasteiger partial charge is 0.496 e. The van der Waals surface area contributed by atoms with E-state index in [0.29, 0.717) is 35.0 Å². The van der Waals surface area contributed by atoms with Gasteiger partial charge in [0.25, 0.3) is 11.8 Å². The number of piperidine rings is 1. The highest BCUT2D eigenvalue weighted by molar-refractivity contribution is 6.07. The number of carbonyl (C=O) groups is 2. The molecule has 4 rings (SSSR count). The molecule has 0 bridgehead atoms. The lowest BCUT2D eigenvalue weighted by atomic mass is 9.97. The van der Waals surface area contributed by atoms with Crippen molar-refractivity contribution in [3.05, 3.63) is 89.5 Å². The van der Waals surface area contributed by atoms with Gasteiger partial charge in [0.15, 0.2) is 0 Å². The van der Waals surface area contributed by atoms with Crippen LogP contribution in [0.15, 0.2) is 72.8 Å². The van der Waals surface area contributed by atoms with E-state index in [1.54, 1.807) is 24.3 Å². The van der Waals surface area contributed by atoms with Gasteiger partial charge in [0.05, 0.1) is 18.2 Å². The third kappa shape index (κ3) is 5.57. The van der Waals surface area contributed by atoms with Gasteiger partial charge in [-0.15, -0.1) is 0 Å². The smallest absolute Gasteiger partial charge is 0.259 e. The Morgan fingerprint density at radius 2 is 1.62 bits per heavy atom. The van der Waals surface area contributed by atoms with Crippen LogP contribution in [0.25, 0.3) is 0 Å². The zero-order valence-electron chi connectivity index (χ0n) is 19.7. The number of benzene rings is 3. The molecule has 1 aliphatic heterocycles. The van der Waals surface area contributed by atoms with Crippen molar-refractivity contribution >= 4 is 23.2 Å². The van der Waals surface area contributed by atoms with Crippen LogP contribution in [0.3, 0.4) is 0 Å². The average molecular weight is 458 g/mol. The molecule has 3 aromatic carbocycles. The third-order valence-electron chi connectivity index (χ3n) is 6.27. The van der Waals surface area contributed by atoms with Crippen molar-refractivity contribution in [1.29, 1.82) is 0 Å². The van der Waals surface area contributed by atoms with Crippen molar-refractivity contribution in [3.8, 4) is 5.75 Å². The Bertz CT molecular complexity index is 1140. The molecular weight excluding hydrogens is 426 g/mol. The summed E-state index contributed by atoms with van der Waals surface area (Å²) in [6.07, 6.45) is 2.19. The molecule has 0 radical (unpaired) electrons. The topological polar surface area (TPSA) is 70.7 Å². The Balaban J connectivity index is 1.58. The number of methoxy groups -OCH3 is 1. The van der Waals surface area contributed by atoms with Gasteiger partial charge in [-0.1, -0.05) is 49.4 Å². The van der Waals surface area contributed by atoms with Crippen LogP contribution in [0.5, 0.6) is 5.75 Å². The van der Waals surface area contributed by atoms with Crippen molar-refractivity contribution in [1.82, 2.24) is 5.32 Å². The SMILES string of the molecule is COc1ccccc1C(=O)Nc1ccc(N2CCC(C)CC2)c(C(=O)NCc2ccccc2)c1. The van der Waals surface area contributed by atoms with E-state index in [9.17, 15) is 9.59 Å². The summed E-state index contributed by atoms with van der Waals surface area (Å²) in [6.45, 7) is 4.52. The number of carbonyl (C=O) groups excluding carboxylic acids is 2. The summed E-state index contributed by atoms with van der Waals surface area (Å²) >= 11 is 0. The maximum absolute atomic E-state index is 13.3. The van der Waals surface area contributed by atoms with Gasteiger partial charge in [-0.25, -0.2) is 0 Å². The molecule has 0 aromatic heterocycles. The molecule has 1 saturated heterocycles. The number of nitrogens with zero attached hydrogens (tertiary/aromatic N) is 1. The highest BCUT2D eigenvalue weighted by Gasteiger charge is 2.22. The summed E-state index contributed by atoms with van der Waals surface area (Å²) in [5, 5.41) is 5.96. The molecular formula is C28H31N3O3. The first kappa shape index (κ1) is 23.4. The van der Waals surface area contributed by atoms with Gasteiger partial charge < -0.3 is 20.3 Å². The Morgan fingerprint density at radius 3 is 2.35 bits per heavy atom. The molecule has 34 heavy (non-hydrogen) atoms. The number of nitrogens with one attached hydrogen (secondary N) is 2. The van der Waals surface area contributed by atoms with E-state index in [1.165, 1.54) is 7.11 Å². The second-order valence-corrected chi connectivity index (χ2v) is 8.72. The van der Waals surface area contributed by atoms with Crippen molar-refractivity contribution in [3.63, 3.8) is 0 Å². The second-order valence-electron chi connectivity index (χ2n) is 8.72. The molecule has 0 unspecified atom stereocenters. The molecule has 6 nitrogen and oxygen atoms in total. The Morgan fingerprint density at radius 1 is 0.912 bits per heavy atom. The molecule has 0 atom stereocenters. The molecule has 176 valence electrons. The predicted molar refractivity (Wildman–Crippen MR) is 136 cm³/mol. The number of ether oxygens (including phenoxy) is 1. The minimum atomic E-state index is -0.285. The van der Waals surface area contributed by atoms with E-state index in [-0.39, 0.29) is 11.8 Å². The molecule has 1 fully saturated rings. The lowest BCUT2D eigenvalue weighted by molar-refractivity contribution is 0.0949. The fraction of sp³-hybridized carbons (Fsp3) is 0.286. The lowest BCUT2D eigenvalue weighted by Crippen LogP contribution is -2.35. The molecule has 0 spiro atoms. The van der Waals surface area contributed by atoms with E-state index in [4.69, 9.17) is 4.74 Å². The molecule has 6 heteroatoms. The summed E-state index contributed by atoms with van der Waals surface area (Å²) in [5.74, 6) is 0.740. The van der Waals surface area contributed by atoms with Gasteiger partial charge >= 0.3 is 0 Å². The summed E-state index contributed by atoms with van der Waals surface area (Å²) in [6, 6.07) is 22.5. The molecule has 0 aliphatic carbocycles. The maximum atomic E-state index is 13.3. The molecule has 2 N–H and O–H groups in total. The van der Waals surface area contributed by atoms with Crippen LogP contribution in [0, 0.1) is 5.92 Å². The van der Waals surface area contributed by atoms with Crippen molar-refractivity contribution in [2.75, 3.05) is 30.4 Å². The predicted octanol–water partition coefficient (Wildman–Crippen LogP) is 5.11. The van der Waals surface area contributed by atoms with Gasteiger partial charge in [0.1, 0.15) is 5.75 Å². The normalized spacial score (nSPS) is 13.9. The van der Waals surface area contributed by atoms with E-state index in [2.05, 4.69) is 22.5 Å². The molecule has 2 amide bonds.